The van der Waals surface area contributed by atoms with E-state index in [2.05, 4.69) is 48.5 Å². The quantitative estimate of drug-likeness (QED) is 0.603. The smallest absolute Gasteiger partial charge is 0 e. The van der Waals surface area contributed by atoms with E-state index < -0.39 is 0 Å². The molecule has 2 rings (SSSR count). The molecule has 0 bridgehead atoms. The molecule has 0 radical (unpaired) electrons. The molecular formula is C10H8Mo. The Morgan fingerprint density at radius 3 is 1.09 bits per heavy atom. The van der Waals surface area contributed by atoms with E-state index in [4.69, 9.17) is 0 Å². The summed E-state index contributed by atoms with van der Waals surface area (Å²) in [6, 6.07) is 16.7. The zero-order valence-electron chi connectivity index (χ0n) is 6.03. The molecule has 0 aliphatic carbocycles. The predicted octanol–water partition coefficient (Wildman–Crippen LogP) is 2.84. The second-order valence-electron chi connectivity index (χ2n) is 2.35. The van der Waals surface area contributed by atoms with Gasteiger partial charge in [0.1, 0.15) is 0 Å². The summed E-state index contributed by atoms with van der Waals surface area (Å²) in [5.74, 6) is 0. The van der Waals surface area contributed by atoms with Crippen LogP contribution in [-0.2, 0) is 21.1 Å². The SMILES string of the molecule is [Mo].c1ccc2ccccc2c1. The average Bonchev–Trinajstić information content (AvgIpc) is 2.05. The Morgan fingerprint density at radius 1 is 0.545 bits per heavy atom. The molecule has 0 aromatic heterocycles. The fraction of sp³-hybridized carbons (Fsp3) is 0. The van der Waals surface area contributed by atoms with E-state index in [1.165, 1.54) is 10.8 Å². The number of hydrogen-bond donors (Lipinski definition) is 0. The molecule has 0 atom stereocenters. The van der Waals surface area contributed by atoms with Gasteiger partial charge in [-0.15, -0.1) is 0 Å². The Morgan fingerprint density at radius 2 is 0.818 bits per heavy atom. The first kappa shape index (κ1) is 8.48. The van der Waals surface area contributed by atoms with Crippen LogP contribution in [-0.4, -0.2) is 0 Å². The van der Waals surface area contributed by atoms with Gasteiger partial charge in [0.2, 0.25) is 0 Å². The summed E-state index contributed by atoms with van der Waals surface area (Å²) in [7, 11) is 0. The third kappa shape index (κ3) is 1.69. The van der Waals surface area contributed by atoms with Crippen molar-refractivity contribution in [2.75, 3.05) is 0 Å². The van der Waals surface area contributed by atoms with Crippen molar-refractivity contribution in [1.29, 1.82) is 0 Å². The normalized spacial score (nSPS) is 9.09. The molecule has 0 spiro atoms. The second-order valence-corrected chi connectivity index (χ2v) is 2.35. The molecule has 0 saturated heterocycles. The second kappa shape index (κ2) is 3.69. The molecule has 0 saturated carbocycles. The maximum atomic E-state index is 2.12. The molecule has 0 heterocycles. The fourth-order valence-electron chi connectivity index (χ4n) is 1.13. The van der Waals surface area contributed by atoms with Crippen molar-refractivity contribution >= 4 is 10.8 Å². The minimum atomic E-state index is 0. The molecule has 54 valence electrons. The van der Waals surface area contributed by atoms with Gasteiger partial charge >= 0.3 is 0 Å². The zero-order valence-corrected chi connectivity index (χ0v) is 8.03. The molecule has 11 heavy (non-hydrogen) atoms. The monoisotopic (exact) mass is 226 g/mol. The van der Waals surface area contributed by atoms with Crippen LogP contribution in [0.2, 0.25) is 0 Å². The Balaban J connectivity index is 0.000000605. The van der Waals surface area contributed by atoms with Gasteiger partial charge in [0, 0.05) is 21.1 Å². The topological polar surface area (TPSA) is 0 Å². The van der Waals surface area contributed by atoms with Crippen LogP contribution in [0.25, 0.3) is 10.8 Å². The largest absolute Gasteiger partial charge is 0.0616 e. The van der Waals surface area contributed by atoms with E-state index in [0.29, 0.717) is 0 Å². The number of hydrogen-bond acceptors (Lipinski definition) is 0. The molecule has 0 nitrogen and oxygen atoms in total. The first-order chi connectivity index (χ1) is 4.97. The molecule has 1 heteroatoms. The van der Waals surface area contributed by atoms with Gasteiger partial charge in [-0.05, 0) is 10.8 Å². The van der Waals surface area contributed by atoms with Crippen molar-refractivity contribution in [2.24, 2.45) is 0 Å². The Labute approximate surface area is 80.5 Å². The maximum absolute atomic E-state index is 2.12. The average molecular weight is 224 g/mol. The van der Waals surface area contributed by atoms with Gasteiger partial charge in [-0.3, -0.25) is 0 Å². The van der Waals surface area contributed by atoms with Gasteiger partial charge in [0.05, 0.1) is 0 Å². The van der Waals surface area contributed by atoms with E-state index in [9.17, 15) is 0 Å². The predicted molar refractivity (Wildman–Crippen MR) is 43.9 cm³/mol. The molecule has 0 aliphatic heterocycles. The minimum Gasteiger partial charge on any atom is -0.0616 e. The first-order valence-electron chi connectivity index (χ1n) is 3.40. The third-order valence-electron chi connectivity index (χ3n) is 1.66. The summed E-state index contributed by atoms with van der Waals surface area (Å²) in [6.45, 7) is 0. The first-order valence-corrected chi connectivity index (χ1v) is 3.40. The van der Waals surface area contributed by atoms with Crippen LogP contribution < -0.4 is 0 Å². The van der Waals surface area contributed by atoms with E-state index in [0.717, 1.165) is 0 Å². The molecule has 2 aromatic rings. The Hall–Kier alpha value is -0.612. The van der Waals surface area contributed by atoms with Crippen molar-refractivity contribution < 1.29 is 21.1 Å². The van der Waals surface area contributed by atoms with Crippen molar-refractivity contribution in [3.63, 3.8) is 0 Å². The molecular weight excluding hydrogens is 216 g/mol. The van der Waals surface area contributed by atoms with Gasteiger partial charge in [-0.25, -0.2) is 0 Å². The van der Waals surface area contributed by atoms with Crippen LogP contribution >= 0.6 is 0 Å². The van der Waals surface area contributed by atoms with Crippen LogP contribution in [0.15, 0.2) is 48.5 Å². The van der Waals surface area contributed by atoms with Gasteiger partial charge in [0.15, 0.2) is 0 Å². The Kier molecular flexibility index (Phi) is 2.84. The summed E-state index contributed by atoms with van der Waals surface area (Å²) in [4.78, 5) is 0. The van der Waals surface area contributed by atoms with Gasteiger partial charge < -0.3 is 0 Å². The summed E-state index contributed by atoms with van der Waals surface area (Å²) in [5.41, 5.74) is 0. The number of benzene rings is 2. The van der Waals surface area contributed by atoms with Gasteiger partial charge in [-0.1, -0.05) is 48.5 Å². The molecule has 0 amide bonds. The molecule has 0 aliphatic rings. The molecule has 0 N–H and O–H groups in total. The van der Waals surface area contributed by atoms with E-state index in [1.807, 2.05) is 0 Å². The molecule has 2 aromatic carbocycles. The fourth-order valence-corrected chi connectivity index (χ4v) is 1.13. The van der Waals surface area contributed by atoms with E-state index in [-0.39, 0.29) is 21.1 Å². The van der Waals surface area contributed by atoms with E-state index >= 15 is 0 Å². The van der Waals surface area contributed by atoms with Crippen molar-refractivity contribution in [3.8, 4) is 0 Å². The summed E-state index contributed by atoms with van der Waals surface area (Å²) in [6.07, 6.45) is 0. The summed E-state index contributed by atoms with van der Waals surface area (Å²) >= 11 is 0. The molecule has 0 fully saturated rings. The van der Waals surface area contributed by atoms with Crippen LogP contribution in [0.1, 0.15) is 0 Å². The minimum absolute atomic E-state index is 0. The maximum Gasteiger partial charge on any atom is 0 e. The Bertz CT molecular complexity index is 276. The number of fused-ring (bicyclic) bond motifs is 1. The van der Waals surface area contributed by atoms with Gasteiger partial charge in [-0.2, -0.15) is 0 Å². The summed E-state index contributed by atoms with van der Waals surface area (Å²) in [5, 5.41) is 2.62. The van der Waals surface area contributed by atoms with Crippen LogP contribution in [0.5, 0.6) is 0 Å². The molecule has 0 unspecified atom stereocenters. The standard InChI is InChI=1S/C10H8.Mo/c1-2-6-10-8-4-3-7-9(10)5-1;/h1-8H;. The van der Waals surface area contributed by atoms with Crippen molar-refractivity contribution in [1.82, 2.24) is 0 Å². The van der Waals surface area contributed by atoms with Crippen molar-refractivity contribution in [2.45, 2.75) is 0 Å². The number of rotatable bonds is 0. The van der Waals surface area contributed by atoms with Crippen LogP contribution in [0.3, 0.4) is 0 Å². The van der Waals surface area contributed by atoms with E-state index in [1.54, 1.807) is 0 Å². The van der Waals surface area contributed by atoms with Crippen LogP contribution in [0.4, 0.5) is 0 Å². The van der Waals surface area contributed by atoms with Gasteiger partial charge in [0.25, 0.3) is 0 Å². The van der Waals surface area contributed by atoms with Crippen molar-refractivity contribution in [3.05, 3.63) is 48.5 Å². The third-order valence-corrected chi connectivity index (χ3v) is 1.66. The zero-order chi connectivity index (χ0) is 6.81. The summed E-state index contributed by atoms with van der Waals surface area (Å²) < 4.78 is 0. The van der Waals surface area contributed by atoms with Crippen LogP contribution in [0, 0.1) is 0 Å².